The van der Waals surface area contributed by atoms with E-state index >= 15 is 0 Å². The molecule has 0 bridgehead atoms. The standard InChI is InChI=1S/C19H19ClN2O2/c20-15-5-7-16(8-6-15)21-9-11-22(12-10-21)19(23)18-13-14-3-1-2-4-17(14)24-18/h1-8,18H,9-13H2. The number of halogens is 1. The lowest BCUT2D eigenvalue weighted by Gasteiger charge is -2.37. The van der Waals surface area contributed by atoms with Crippen LogP contribution in [-0.2, 0) is 11.2 Å². The first-order valence-corrected chi connectivity index (χ1v) is 8.62. The van der Waals surface area contributed by atoms with E-state index in [0.717, 1.165) is 48.2 Å². The largest absolute Gasteiger partial charge is 0.480 e. The molecule has 0 aliphatic carbocycles. The zero-order valence-electron chi connectivity index (χ0n) is 13.3. The number of nitrogens with zero attached hydrogens (tertiary/aromatic N) is 2. The lowest BCUT2D eigenvalue weighted by atomic mass is 10.1. The summed E-state index contributed by atoms with van der Waals surface area (Å²) < 4.78 is 5.83. The highest BCUT2D eigenvalue weighted by molar-refractivity contribution is 6.30. The lowest BCUT2D eigenvalue weighted by Crippen LogP contribution is -2.52. The molecule has 0 spiro atoms. The molecule has 0 aromatic heterocycles. The van der Waals surface area contributed by atoms with Crippen molar-refractivity contribution in [3.05, 3.63) is 59.1 Å². The van der Waals surface area contributed by atoms with Gasteiger partial charge in [0.1, 0.15) is 5.75 Å². The number of anilines is 1. The number of fused-ring (bicyclic) bond motifs is 1. The van der Waals surface area contributed by atoms with E-state index in [1.807, 2.05) is 53.4 Å². The van der Waals surface area contributed by atoms with Crippen LogP contribution in [-0.4, -0.2) is 43.1 Å². The van der Waals surface area contributed by atoms with Crippen LogP contribution in [0.3, 0.4) is 0 Å². The van der Waals surface area contributed by atoms with E-state index in [2.05, 4.69) is 4.90 Å². The molecule has 1 fully saturated rings. The number of piperazine rings is 1. The number of ether oxygens (including phenoxy) is 1. The Bertz CT molecular complexity index is 714. The van der Waals surface area contributed by atoms with Gasteiger partial charge in [0.2, 0.25) is 0 Å². The van der Waals surface area contributed by atoms with E-state index in [1.165, 1.54) is 0 Å². The first-order chi connectivity index (χ1) is 11.7. The predicted octanol–water partition coefficient (Wildman–Crippen LogP) is 2.99. The summed E-state index contributed by atoms with van der Waals surface area (Å²) in [5.41, 5.74) is 2.27. The van der Waals surface area contributed by atoms with Gasteiger partial charge in [-0.05, 0) is 35.9 Å². The Morgan fingerprint density at radius 1 is 1.00 bits per heavy atom. The summed E-state index contributed by atoms with van der Waals surface area (Å²) in [4.78, 5) is 16.9. The van der Waals surface area contributed by atoms with Gasteiger partial charge in [0.15, 0.2) is 6.10 Å². The Labute approximate surface area is 146 Å². The van der Waals surface area contributed by atoms with Crippen molar-refractivity contribution in [1.82, 2.24) is 4.90 Å². The van der Waals surface area contributed by atoms with Crippen molar-refractivity contribution in [3.63, 3.8) is 0 Å². The maximum absolute atomic E-state index is 12.7. The summed E-state index contributed by atoms with van der Waals surface area (Å²) in [6.45, 7) is 3.09. The van der Waals surface area contributed by atoms with Crippen molar-refractivity contribution in [2.75, 3.05) is 31.1 Å². The number of benzene rings is 2. The van der Waals surface area contributed by atoms with E-state index in [1.54, 1.807) is 0 Å². The second kappa shape index (κ2) is 6.36. The molecule has 2 heterocycles. The first-order valence-electron chi connectivity index (χ1n) is 8.24. The fourth-order valence-corrected chi connectivity index (χ4v) is 3.49. The fourth-order valence-electron chi connectivity index (χ4n) is 3.36. The molecule has 0 radical (unpaired) electrons. The van der Waals surface area contributed by atoms with Gasteiger partial charge < -0.3 is 14.5 Å². The second-order valence-corrected chi connectivity index (χ2v) is 6.64. The fraction of sp³-hybridized carbons (Fsp3) is 0.316. The van der Waals surface area contributed by atoms with Crippen molar-refractivity contribution < 1.29 is 9.53 Å². The summed E-state index contributed by atoms with van der Waals surface area (Å²) in [6.07, 6.45) is 0.302. The zero-order valence-corrected chi connectivity index (χ0v) is 14.1. The van der Waals surface area contributed by atoms with Gasteiger partial charge in [-0.3, -0.25) is 4.79 Å². The number of rotatable bonds is 2. The van der Waals surface area contributed by atoms with Crippen LogP contribution in [0.25, 0.3) is 0 Å². The molecular formula is C19H19ClN2O2. The van der Waals surface area contributed by atoms with E-state index in [4.69, 9.17) is 16.3 Å². The van der Waals surface area contributed by atoms with Crippen molar-refractivity contribution in [3.8, 4) is 5.75 Å². The molecule has 0 N–H and O–H groups in total. The van der Waals surface area contributed by atoms with Crippen LogP contribution in [0.15, 0.2) is 48.5 Å². The van der Waals surface area contributed by atoms with E-state index in [9.17, 15) is 4.79 Å². The van der Waals surface area contributed by atoms with Crippen LogP contribution in [0.4, 0.5) is 5.69 Å². The van der Waals surface area contributed by atoms with Crippen molar-refractivity contribution in [2.24, 2.45) is 0 Å². The maximum atomic E-state index is 12.7. The lowest BCUT2D eigenvalue weighted by molar-refractivity contribution is -0.138. The van der Waals surface area contributed by atoms with Crippen LogP contribution >= 0.6 is 11.6 Å². The smallest absolute Gasteiger partial charge is 0.264 e. The van der Waals surface area contributed by atoms with Crippen molar-refractivity contribution in [1.29, 1.82) is 0 Å². The SMILES string of the molecule is O=C(C1Cc2ccccc2O1)N1CCN(c2ccc(Cl)cc2)CC1. The van der Waals surface area contributed by atoms with Crippen LogP contribution in [0.1, 0.15) is 5.56 Å². The summed E-state index contributed by atoms with van der Waals surface area (Å²) in [5, 5.41) is 0.741. The Morgan fingerprint density at radius 2 is 1.71 bits per heavy atom. The van der Waals surface area contributed by atoms with Gasteiger partial charge in [0.05, 0.1) is 0 Å². The highest BCUT2D eigenvalue weighted by Crippen LogP contribution is 2.29. The minimum atomic E-state index is -0.371. The number of amides is 1. The average Bonchev–Trinajstić information content (AvgIpc) is 3.06. The summed E-state index contributed by atoms with van der Waals surface area (Å²) in [5.74, 6) is 0.942. The molecule has 2 aliphatic heterocycles. The van der Waals surface area contributed by atoms with Gasteiger partial charge in [0, 0.05) is 43.3 Å². The van der Waals surface area contributed by atoms with E-state index in [-0.39, 0.29) is 12.0 Å². The second-order valence-electron chi connectivity index (χ2n) is 6.21. The average molecular weight is 343 g/mol. The molecule has 1 unspecified atom stereocenters. The molecule has 5 heteroatoms. The monoisotopic (exact) mass is 342 g/mol. The molecule has 1 saturated heterocycles. The third-order valence-electron chi connectivity index (χ3n) is 4.71. The Kier molecular flexibility index (Phi) is 4.07. The molecule has 4 rings (SSSR count). The van der Waals surface area contributed by atoms with Gasteiger partial charge in [-0.15, -0.1) is 0 Å². The molecule has 4 nitrogen and oxygen atoms in total. The minimum absolute atomic E-state index is 0.0990. The number of carbonyl (C=O) groups excluding carboxylic acids is 1. The highest BCUT2D eigenvalue weighted by Gasteiger charge is 2.33. The van der Waals surface area contributed by atoms with Crippen LogP contribution in [0.5, 0.6) is 5.75 Å². The van der Waals surface area contributed by atoms with Gasteiger partial charge >= 0.3 is 0 Å². The molecule has 2 aliphatic rings. The first kappa shape index (κ1) is 15.3. The van der Waals surface area contributed by atoms with Crippen LogP contribution in [0, 0.1) is 0 Å². The summed E-state index contributed by atoms with van der Waals surface area (Å²) in [6, 6.07) is 15.7. The highest BCUT2D eigenvalue weighted by atomic mass is 35.5. The maximum Gasteiger partial charge on any atom is 0.264 e. The molecule has 2 aromatic carbocycles. The van der Waals surface area contributed by atoms with E-state index < -0.39 is 0 Å². The van der Waals surface area contributed by atoms with Gasteiger partial charge in [-0.1, -0.05) is 29.8 Å². The molecule has 24 heavy (non-hydrogen) atoms. The molecule has 2 aromatic rings. The quantitative estimate of drug-likeness (QED) is 0.841. The number of carbonyl (C=O) groups is 1. The minimum Gasteiger partial charge on any atom is -0.480 e. The Hall–Kier alpha value is -2.20. The van der Waals surface area contributed by atoms with Crippen molar-refractivity contribution in [2.45, 2.75) is 12.5 Å². The summed E-state index contributed by atoms with van der Waals surface area (Å²) >= 11 is 5.94. The van der Waals surface area contributed by atoms with E-state index in [0.29, 0.717) is 6.42 Å². The topological polar surface area (TPSA) is 32.8 Å². The Morgan fingerprint density at radius 3 is 2.42 bits per heavy atom. The molecule has 0 saturated carbocycles. The number of hydrogen-bond acceptors (Lipinski definition) is 3. The molecule has 124 valence electrons. The molecular weight excluding hydrogens is 324 g/mol. The number of hydrogen-bond donors (Lipinski definition) is 0. The predicted molar refractivity (Wildman–Crippen MR) is 94.8 cm³/mol. The molecule has 1 amide bonds. The zero-order chi connectivity index (χ0) is 16.5. The normalized spacial score (nSPS) is 19.8. The summed E-state index contributed by atoms with van der Waals surface area (Å²) in [7, 11) is 0. The van der Waals surface area contributed by atoms with Crippen LogP contribution in [0.2, 0.25) is 5.02 Å². The third kappa shape index (κ3) is 2.94. The van der Waals surface area contributed by atoms with Crippen LogP contribution < -0.4 is 9.64 Å². The number of para-hydroxylation sites is 1. The Balaban J connectivity index is 1.36. The third-order valence-corrected chi connectivity index (χ3v) is 4.96. The molecule has 1 atom stereocenters. The van der Waals surface area contributed by atoms with Crippen molar-refractivity contribution >= 4 is 23.2 Å². The van der Waals surface area contributed by atoms with Gasteiger partial charge in [-0.2, -0.15) is 0 Å². The van der Waals surface area contributed by atoms with Gasteiger partial charge in [-0.25, -0.2) is 0 Å². The van der Waals surface area contributed by atoms with Gasteiger partial charge in [0.25, 0.3) is 5.91 Å².